The molecule has 5 heteroatoms. The second kappa shape index (κ2) is 5.82. The number of carbonyl (C=O) groups excluding carboxylic acids is 1. The Hall–Kier alpha value is -2.35. The molecule has 0 radical (unpaired) electrons. The van der Waals surface area contributed by atoms with E-state index in [9.17, 15) is 9.18 Å². The van der Waals surface area contributed by atoms with Crippen molar-refractivity contribution in [2.75, 3.05) is 21.2 Å². The van der Waals surface area contributed by atoms with Crippen LogP contribution in [0.5, 0.6) is 0 Å². The number of benzene rings is 1. The third-order valence-electron chi connectivity index (χ3n) is 2.20. The number of hydrogen-bond donors (Lipinski definition) is 0. The molecule has 0 unspecified atom stereocenters. The van der Waals surface area contributed by atoms with Gasteiger partial charge in [-0.3, -0.25) is 0 Å². The van der Waals surface area contributed by atoms with E-state index in [1.165, 1.54) is 31.5 Å². The Morgan fingerprint density at radius 2 is 2.17 bits per heavy atom. The first kappa shape index (κ1) is 13.7. The summed E-state index contributed by atoms with van der Waals surface area (Å²) in [5.74, 6) is -1.38. The van der Waals surface area contributed by atoms with Crippen LogP contribution in [0.2, 0.25) is 0 Å². The molecule has 1 aromatic rings. The molecular weight excluding hydrogens is 235 g/mol. The SMILES string of the molecule is COC(=O)/C(=C/N(C)C)c1cccc(C#N)c1F. The Balaban J connectivity index is 3.40. The van der Waals surface area contributed by atoms with Crippen molar-refractivity contribution in [3.63, 3.8) is 0 Å². The van der Waals surface area contributed by atoms with Crippen LogP contribution in [0.3, 0.4) is 0 Å². The highest BCUT2D eigenvalue weighted by Crippen LogP contribution is 2.22. The summed E-state index contributed by atoms with van der Waals surface area (Å²) in [6.07, 6.45) is 1.45. The summed E-state index contributed by atoms with van der Waals surface area (Å²) in [4.78, 5) is 13.2. The van der Waals surface area contributed by atoms with Crippen molar-refractivity contribution in [1.82, 2.24) is 4.90 Å². The fourth-order valence-corrected chi connectivity index (χ4v) is 1.43. The fourth-order valence-electron chi connectivity index (χ4n) is 1.43. The zero-order valence-electron chi connectivity index (χ0n) is 10.4. The van der Waals surface area contributed by atoms with E-state index in [2.05, 4.69) is 4.74 Å². The standard InChI is InChI=1S/C13H13FN2O2/c1-16(2)8-11(13(17)18-3)10-6-4-5-9(7-15)12(10)14/h4-6,8H,1-3H3/b11-8+. The van der Waals surface area contributed by atoms with Gasteiger partial charge in [-0.15, -0.1) is 0 Å². The number of halogens is 1. The molecule has 94 valence electrons. The van der Waals surface area contributed by atoms with Gasteiger partial charge in [0, 0.05) is 25.9 Å². The van der Waals surface area contributed by atoms with E-state index in [0.29, 0.717) is 0 Å². The Morgan fingerprint density at radius 1 is 1.50 bits per heavy atom. The number of nitrogens with zero attached hydrogens (tertiary/aromatic N) is 2. The molecule has 0 aromatic heterocycles. The van der Waals surface area contributed by atoms with Crippen LogP contribution in [0, 0.1) is 17.1 Å². The summed E-state index contributed by atoms with van der Waals surface area (Å²) in [6.45, 7) is 0. The summed E-state index contributed by atoms with van der Waals surface area (Å²) in [6, 6.07) is 6.03. The molecule has 0 aliphatic carbocycles. The van der Waals surface area contributed by atoms with Crippen molar-refractivity contribution in [3.05, 3.63) is 41.3 Å². The van der Waals surface area contributed by atoms with Gasteiger partial charge >= 0.3 is 5.97 Å². The highest BCUT2D eigenvalue weighted by atomic mass is 19.1. The van der Waals surface area contributed by atoms with Crippen LogP contribution in [-0.2, 0) is 9.53 Å². The van der Waals surface area contributed by atoms with Gasteiger partial charge in [-0.2, -0.15) is 5.26 Å². The molecule has 1 rings (SSSR count). The summed E-state index contributed by atoms with van der Waals surface area (Å²) in [5, 5.41) is 8.77. The normalized spacial score (nSPS) is 10.7. The van der Waals surface area contributed by atoms with Gasteiger partial charge in [-0.1, -0.05) is 12.1 Å². The monoisotopic (exact) mass is 248 g/mol. The van der Waals surface area contributed by atoms with Gasteiger partial charge < -0.3 is 9.64 Å². The summed E-state index contributed by atoms with van der Waals surface area (Å²) >= 11 is 0. The predicted molar refractivity (Wildman–Crippen MR) is 64.8 cm³/mol. The molecule has 0 amide bonds. The minimum Gasteiger partial charge on any atom is -0.465 e. The Morgan fingerprint density at radius 3 is 2.67 bits per heavy atom. The van der Waals surface area contributed by atoms with Gasteiger partial charge in [0.15, 0.2) is 0 Å². The molecule has 0 fully saturated rings. The highest BCUT2D eigenvalue weighted by molar-refractivity contribution is 6.16. The maximum atomic E-state index is 14.0. The predicted octanol–water partition coefficient (Wildman–Crippen LogP) is 1.77. The molecule has 0 bridgehead atoms. The zero-order valence-corrected chi connectivity index (χ0v) is 10.4. The van der Waals surface area contributed by atoms with Gasteiger partial charge in [-0.25, -0.2) is 9.18 Å². The minimum absolute atomic E-state index is 0.0506. The Kier molecular flexibility index (Phi) is 4.44. The average Bonchev–Trinajstić information content (AvgIpc) is 2.35. The quantitative estimate of drug-likeness (QED) is 0.604. The van der Waals surface area contributed by atoms with Crippen molar-refractivity contribution in [1.29, 1.82) is 5.26 Å². The van der Waals surface area contributed by atoms with Crippen molar-refractivity contribution < 1.29 is 13.9 Å². The lowest BCUT2D eigenvalue weighted by Gasteiger charge is -2.11. The van der Waals surface area contributed by atoms with Crippen molar-refractivity contribution in [2.24, 2.45) is 0 Å². The topological polar surface area (TPSA) is 53.3 Å². The third-order valence-corrected chi connectivity index (χ3v) is 2.20. The van der Waals surface area contributed by atoms with E-state index in [-0.39, 0.29) is 16.7 Å². The number of methoxy groups -OCH3 is 1. The fraction of sp³-hybridized carbons (Fsp3) is 0.231. The maximum absolute atomic E-state index is 14.0. The van der Waals surface area contributed by atoms with Gasteiger partial charge in [0.1, 0.15) is 11.9 Å². The number of hydrogen-bond acceptors (Lipinski definition) is 4. The molecule has 0 saturated carbocycles. The second-order valence-electron chi connectivity index (χ2n) is 3.78. The van der Waals surface area contributed by atoms with E-state index in [1.54, 1.807) is 25.1 Å². The third kappa shape index (κ3) is 2.86. The first-order valence-electron chi connectivity index (χ1n) is 5.16. The number of ether oxygens (including phenoxy) is 1. The molecular formula is C13H13FN2O2. The smallest absolute Gasteiger partial charge is 0.340 e. The van der Waals surface area contributed by atoms with Gasteiger partial charge in [0.05, 0.1) is 18.2 Å². The van der Waals surface area contributed by atoms with Crippen LogP contribution in [0.4, 0.5) is 4.39 Å². The minimum atomic E-state index is -0.724. The van der Waals surface area contributed by atoms with Crippen LogP contribution >= 0.6 is 0 Å². The van der Waals surface area contributed by atoms with Crippen LogP contribution in [0.25, 0.3) is 5.57 Å². The van der Waals surface area contributed by atoms with E-state index >= 15 is 0 Å². The molecule has 18 heavy (non-hydrogen) atoms. The van der Waals surface area contributed by atoms with Crippen molar-refractivity contribution >= 4 is 11.5 Å². The molecule has 0 spiro atoms. The molecule has 0 N–H and O–H groups in total. The van der Waals surface area contributed by atoms with Gasteiger partial charge in [0.2, 0.25) is 0 Å². The molecule has 0 aliphatic heterocycles. The lowest BCUT2D eigenvalue weighted by atomic mass is 10.0. The molecule has 4 nitrogen and oxygen atoms in total. The van der Waals surface area contributed by atoms with Crippen LogP contribution in [0.1, 0.15) is 11.1 Å². The Bertz CT molecular complexity index is 530. The lowest BCUT2D eigenvalue weighted by Crippen LogP contribution is -2.11. The maximum Gasteiger partial charge on any atom is 0.340 e. The van der Waals surface area contributed by atoms with E-state index in [1.807, 2.05) is 0 Å². The summed E-state index contributed by atoms with van der Waals surface area (Å²) in [5.41, 5.74) is 0.00718. The Labute approximate surface area is 105 Å². The number of nitriles is 1. The number of esters is 1. The average molecular weight is 248 g/mol. The molecule has 0 atom stereocenters. The van der Waals surface area contributed by atoms with E-state index in [0.717, 1.165) is 0 Å². The zero-order chi connectivity index (χ0) is 13.7. The number of carbonyl (C=O) groups is 1. The molecule has 0 heterocycles. The van der Waals surface area contributed by atoms with Crippen molar-refractivity contribution in [2.45, 2.75) is 0 Å². The van der Waals surface area contributed by atoms with Crippen LogP contribution < -0.4 is 0 Å². The highest BCUT2D eigenvalue weighted by Gasteiger charge is 2.18. The number of rotatable bonds is 3. The van der Waals surface area contributed by atoms with Gasteiger partial charge in [0.25, 0.3) is 0 Å². The summed E-state index contributed by atoms with van der Waals surface area (Å²) in [7, 11) is 4.63. The lowest BCUT2D eigenvalue weighted by molar-refractivity contribution is -0.133. The van der Waals surface area contributed by atoms with E-state index in [4.69, 9.17) is 5.26 Å². The van der Waals surface area contributed by atoms with E-state index < -0.39 is 11.8 Å². The van der Waals surface area contributed by atoms with Crippen molar-refractivity contribution in [3.8, 4) is 6.07 Å². The first-order valence-corrected chi connectivity index (χ1v) is 5.16. The molecule has 1 aromatic carbocycles. The second-order valence-corrected chi connectivity index (χ2v) is 3.78. The first-order chi connectivity index (χ1) is 8.51. The summed E-state index contributed by atoms with van der Waals surface area (Å²) < 4.78 is 18.6. The molecule has 0 aliphatic rings. The van der Waals surface area contributed by atoms with Crippen LogP contribution in [-0.4, -0.2) is 32.1 Å². The van der Waals surface area contributed by atoms with Gasteiger partial charge in [-0.05, 0) is 6.07 Å². The largest absolute Gasteiger partial charge is 0.465 e. The molecule has 0 saturated heterocycles. The van der Waals surface area contributed by atoms with Crippen LogP contribution in [0.15, 0.2) is 24.4 Å².